The molecule has 0 bridgehead atoms. The molecule has 0 saturated carbocycles. The summed E-state index contributed by atoms with van der Waals surface area (Å²) in [5, 5.41) is 21.6. The molecule has 2 rings (SSSR count). The number of hydrogen-bond acceptors (Lipinski definition) is 3. The Kier molecular flexibility index (Phi) is 4.41. The molecule has 0 spiro atoms. The summed E-state index contributed by atoms with van der Waals surface area (Å²) in [6, 6.07) is 11.0. The lowest BCUT2D eigenvalue weighted by molar-refractivity contribution is 0.0908. The molecule has 1 aromatic heterocycles. The number of carbonyl (C=O) groups excluding carboxylic acids is 1. The molecule has 1 amide bonds. The fourth-order valence-corrected chi connectivity index (χ4v) is 2.20. The number of hydrogen-bond donors (Lipinski definition) is 2. The molecule has 0 aliphatic carbocycles. The van der Waals surface area contributed by atoms with E-state index in [1.165, 1.54) is 6.07 Å². The van der Waals surface area contributed by atoms with E-state index in [0.29, 0.717) is 11.3 Å². The van der Waals surface area contributed by atoms with Gasteiger partial charge in [-0.3, -0.25) is 4.79 Å². The Bertz CT molecular complexity index is 698. The minimum Gasteiger partial charge on any atom is -0.387 e. The monoisotopic (exact) mass is 283 g/mol. The Balaban J connectivity index is 2.03. The van der Waals surface area contributed by atoms with Gasteiger partial charge in [0.05, 0.1) is 11.7 Å². The first-order chi connectivity index (χ1) is 10.0. The topological polar surface area (TPSA) is 78.1 Å². The zero-order chi connectivity index (χ0) is 15.4. The summed E-state index contributed by atoms with van der Waals surface area (Å²) in [5.41, 5.74) is 2.60. The van der Waals surface area contributed by atoms with E-state index in [0.717, 1.165) is 11.1 Å². The zero-order valence-electron chi connectivity index (χ0n) is 12.0. The highest BCUT2D eigenvalue weighted by molar-refractivity contribution is 5.93. The lowest BCUT2D eigenvalue weighted by Crippen LogP contribution is -2.29. The quantitative estimate of drug-likeness (QED) is 0.896. The smallest absolute Gasteiger partial charge is 0.268 e. The third-order valence-corrected chi connectivity index (χ3v) is 3.37. The lowest BCUT2D eigenvalue weighted by Gasteiger charge is -2.14. The maximum Gasteiger partial charge on any atom is 0.268 e. The minimum absolute atomic E-state index is 0.122. The normalized spacial score (nSPS) is 11.7. The molecule has 5 heteroatoms. The summed E-state index contributed by atoms with van der Waals surface area (Å²) in [7, 11) is 1.70. The fourth-order valence-electron chi connectivity index (χ4n) is 2.20. The Morgan fingerprint density at radius 2 is 2.19 bits per heavy atom. The van der Waals surface area contributed by atoms with E-state index < -0.39 is 6.10 Å². The van der Waals surface area contributed by atoms with Crippen LogP contribution in [0, 0.1) is 18.3 Å². The van der Waals surface area contributed by atoms with Gasteiger partial charge in [-0.1, -0.05) is 24.3 Å². The van der Waals surface area contributed by atoms with Crippen LogP contribution >= 0.6 is 0 Å². The van der Waals surface area contributed by atoms with E-state index in [9.17, 15) is 9.90 Å². The SMILES string of the molecule is Cc1ccccc1C(O)CNC(=O)c1cc(C#N)cn1C. The van der Waals surface area contributed by atoms with E-state index in [1.54, 1.807) is 17.8 Å². The third kappa shape index (κ3) is 3.30. The van der Waals surface area contributed by atoms with Crippen LogP contribution in [0.5, 0.6) is 0 Å². The van der Waals surface area contributed by atoms with Gasteiger partial charge >= 0.3 is 0 Å². The molecule has 5 nitrogen and oxygen atoms in total. The van der Waals surface area contributed by atoms with Crippen LogP contribution in [0.25, 0.3) is 0 Å². The van der Waals surface area contributed by atoms with Gasteiger partial charge in [0.2, 0.25) is 0 Å². The highest BCUT2D eigenvalue weighted by atomic mass is 16.3. The maximum atomic E-state index is 12.1. The first-order valence-electron chi connectivity index (χ1n) is 6.61. The zero-order valence-corrected chi connectivity index (χ0v) is 12.0. The van der Waals surface area contributed by atoms with Crippen molar-refractivity contribution in [3.8, 4) is 6.07 Å². The number of carbonyl (C=O) groups is 1. The summed E-state index contributed by atoms with van der Waals surface area (Å²) in [6.45, 7) is 2.04. The van der Waals surface area contributed by atoms with Crippen molar-refractivity contribution in [2.75, 3.05) is 6.54 Å². The number of rotatable bonds is 4. The molecule has 2 N–H and O–H groups in total. The van der Waals surface area contributed by atoms with Crippen LogP contribution in [0.2, 0.25) is 0 Å². The summed E-state index contributed by atoms with van der Waals surface area (Å²) >= 11 is 0. The van der Waals surface area contributed by atoms with Crippen molar-refractivity contribution in [3.05, 3.63) is 58.9 Å². The highest BCUT2D eigenvalue weighted by Crippen LogP contribution is 2.16. The average molecular weight is 283 g/mol. The highest BCUT2D eigenvalue weighted by Gasteiger charge is 2.15. The molecule has 0 radical (unpaired) electrons. The van der Waals surface area contributed by atoms with Gasteiger partial charge in [-0.2, -0.15) is 5.26 Å². The molecule has 1 heterocycles. The number of amides is 1. The van der Waals surface area contributed by atoms with E-state index in [-0.39, 0.29) is 12.5 Å². The van der Waals surface area contributed by atoms with Crippen molar-refractivity contribution in [1.29, 1.82) is 5.26 Å². The number of aliphatic hydroxyl groups is 1. The summed E-state index contributed by atoms with van der Waals surface area (Å²) in [4.78, 5) is 12.1. The summed E-state index contributed by atoms with van der Waals surface area (Å²) in [5.74, 6) is -0.313. The number of aliphatic hydroxyl groups excluding tert-OH is 1. The Labute approximate surface area is 123 Å². The van der Waals surface area contributed by atoms with Gasteiger partial charge in [0, 0.05) is 19.8 Å². The number of nitriles is 1. The minimum atomic E-state index is -0.758. The van der Waals surface area contributed by atoms with Crippen LogP contribution < -0.4 is 5.32 Å². The van der Waals surface area contributed by atoms with Crippen molar-refractivity contribution in [1.82, 2.24) is 9.88 Å². The second kappa shape index (κ2) is 6.25. The largest absolute Gasteiger partial charge is 0.387 e. The lowest BCUT2D eigenvalue weighted by atomic mass is 10.0. The van der Waals surface area contributed by atoms with Crippen molar-refractivity contribution >= 4 is 5.91 Å². The van der Waals surface area contributed by atoms with Gasteiger partial charge in [-0.15, -0.1) is 0 Å². The van der Waals surface area contributed by atoms with Gasteiger partial charge in [0.1, 0.15) is 11.8 Å². The van der Waals surface area contributed by atoms with Crippen LogP contribution in [0.1, 0.15) is 33.3 Å². The van der Waals surface area contributed by atoms with Crippen molar-refractivity contribution in [3.63, 3.8) is 0 Å². The molecule has 0 fully saturated rings. The molecule has 2 aromatic rings. The molecule has 108 valence electrons. The molecular formula is C16H17N3O2. The second-order valence-electron chi connectivity index (χ2n) is 4.92. The third-order valence-electron chi connectivity index (χ3n) is 3.37. The van der Waals surface area contributed by atoms with Crippen molar-refractivity contribution in [2.24, 2.45) is 7.05 Å². The Morgan fingerprint density at radius 3 is 2.81 bits per heavy atom. The van der Waals surface area contributed by atoms with Gasteiger partial charge in [-0.05, 0) is 24.1 Å². The van der Waals surface area contributed by atoms with Crippen LogP contribution in [-0.2, 0) is 7.05 Å². The first kappa shape index (κ1) is 14.8. The number of aromatic nitrogens is 1. The summed E-state index contributed by atoms with van der Waals surface area (Å²) in [6.07, 6.45) is 0.831. The predicted molar refractivity (Wildman–Crippen MR) is 78.6 cm³/mol. The van der Waals surface area contributed by atoms with Gasteiger partial charge < -0.3 is 15.0 Å². The molecule has 0 aliphatic heterocycles. The molecule has 1 unspecified atom stereocenters. The second-order valence-corrected chi connectivity index (χ2v) is 4.92. The number of benzene rings is 1. The van der Waals surface area contributed by atoms with E-state index in [1.807, 2.05) is 37.3 Å². The van der Waals surface area contributed by atoms with Gasteiger partial charge in [0.25, 0.3) is 5.91 Å². The molecule has 21 heavy (non-hydrogen) atoms. The first-order valence-corrected chi connectivity index (χ1v) is 6.61. The summed E-state index contributed by atoms with van der Waals surface area (Å²) < 4.78 is 1.59. The van der Waals surface area contributed by atoms with Crippen LogP contribution in [-0.4, -0.2) is 22.1 Å². The standard InChI is InChI=1S/C16H17N3O2/c1-11-5-3-4-6-13(11)15(20)9-18-16(21)14-7-12(8-17)10-19(14)2/h3-7,10,15,20H,9H2,1-2H3,(H,18,21). The maximum absolute atomic E-state index is 12.1. The van der Waals surface area contributed by atoms with E-state index in [4.69, 9.17) is 5.26 Å². The predicted octanol–water partition coefficient (Wildman–Crippen LogP) is 1.67. The number of nitrogens with one attached hydrogen (secondary N) is 1. The van der Waals surface area contributed by atoms with Crippen LogP contribution in [0.3, 0.4) is 0 Å². The molecule has 0 saturated heterocycles. The van der Waals surface area contributed by atoms with Gasteiger partial charge in [-0.25, -0.2) is 0 Å². The van der Waals surface area contributed by atoms with Crippen molar-refractivity contribution in [2.45, 2.75) is 13.0 Å². The molecule has 1 atom stereocenters. The van der Waals surface area contributed by atoms with Crippen molar-refractivity contribution < 1.29 is 9.90 Å². The molecule has 0 aliphatic rings. The average Bonchev–Trinajstić information content (AvgIpc) is 2.86. The van der Waals surface area contributed by atoms with E-state index in [2.05, 4.69) is 5.32 Å². The molecular weight excluding hydrogens is 266 g/mol. The van der Waals surface area contributed by atoms with Gasteiger partial charge in [0.15, 0.2) is 0 Å². The Morgan fingerprint density at radius 1 is 1.48 bits per heavy atom. The van der Waals surface area contributed by atoms with Crippen LogP contribution in [0.4, 0.5) is 0 Å². The number of nitrogens with zero attached hydrogens (tertiary/aromatic N) is 2. The fraction of sp³-hybridized carbons (Fsp3) is 0.250. The number of aryl methyl sites for hydroxylation is 2. The molecule has 1 aromatic carbocycles. The van der Waals surface area contributed by atoms with E-state index >= 15 is 0 Å². The van der Waals surface area contributed by atoms with Crippen LogP contribution in [0.15, 0.2) is 36.5 Å². The Hall–Kier alpha value is -2.58.